The molecule has 0 spiro atoms. The van der Waals surface area contributed by atoms with E-state index in [-0.39, 0.29) is 0 Å². The second-order valence-corrected chi connectivity index (χ2v) is 6.01. The predicted octanol–water partition coefficient (Wildman–Crippen LogP) is 3.12. The van der Waals surface area contributed by atoms with Crippen molar-refractivity contribution < 1.29 is 0 Å². The van der Waals surface area contributed by atoms with Crippen molar-refractivity contribution in [1.29, 1.82) is 0 Å². The Morgan fingerprint density at radius 1 is 1.50 bits per heavy atom. The number of hydrogen-bond donors (Lipinski definition) is 1. The number of nitrogens with zero attached hydrogens (tertiary/aromatic N) is 1. The van der Waals surface area contributed by atoms with Crippen molar-refractivity contribution in [3.05, 3.63) is 16.1 Å². The molecule has 1 unspecified atom stereocenters. The predicted molar refractivity (Wildman–Crippen MR) is 75.6 cm³/mol. The standard InChI is InChI=1S/C12H22N2S2/c1-4-6-15-9-11(13-5-2)7-12-14-10(3)8-16-12/h8,11,13H,4-7,9H2,1-3H3. The van der Waals surface area contributed by atoms with Gasteiger partial charge in [-0.1, -0.05) is 13.8 Å². The molecule has 1 rings (SSSR count). The molecule has 1 N–H and O–H groups in total. The third kappa shape index (κ3) is 5.32. The Labute approximate surface area is 107 Å². The van der Waals surface area contributed by atoms with Crippen LogP contribution in [0.4, 0.5) is 0 Å². The first kappa shape index (κ1) is 14.0. The Bertz CT molecular complexity index is 286. The number of thiazole rings is 1. The maximum atomic E-state index is 4.53. The minimum absolute atomic E-state index is 0.576. The van der Waals surface area contributed by atoms with Gasteiger partial charge in [-0.15, -0.1) is 11.3 Å². The minimum atomic E-state index is 0.576. The molecule has 0 saturated heterocycles. The van der Waals surface area contributed by atoms with Crippen LogP contribution in [0, 0.1) is 6.92 Å². The van der Waals surface area contributed by atoms with Crippen LogP contribution >= 0.6 is 23.1 Å². The van der Waals surface area contributed by atoms with Crippen molar-refractivity contribution in [2.45, 2.75) is 39.7 Å². The fourth-order valence-corrected chi connectivity index (χ4v) is 3.38. The zero-order valence-corrected chi connectivity index (χ0v) is 12.1. The highest BCUT2D eigenvalue weighted by Crippen LogP contribution is 2.14. The molecular weight excluding hydrogens is 236 g/mol. The number of thioether (sulfide) groups is 1. The molecule has 0 amide bonds. The highest BCUT2D eigenvalue weighted by Gasteiger charge is 2.10. The molecule has 1 aromatic rings. The fraction of sp³-hybridized carbons (Fsp3) is 0.750. The zero-order valence-electron chi connectivity index (χ0n) is 10.5. The highest BCUT2D eigenvalue weighted by molar-refractivity contribution is 7.99. The molecule has 4 heteroatoms. The summed E-state index contributed by atoms with van der Waals surface area (Å²) in [5.41, 5.74) is 1.15. The average molecular weight is 258 g/mol. The Balaban J connectivity index is 2.37. The summed E-state index contributed by atoms with van der Waals surface area (Å²) in [6.07, 6.45) is 2.34. The summed E-state index contributed by atoms with van der Waals surface area (Å²) in [7, 11) is 0. The van der Waals surface area contributed by atoms with Crippen LogP contribution in [0.3, 0.4) is 0 Å². The van der Waals surface area contributed by atoms with Crippen LogP contribution in [0.2, 0.25) is 0 Å². The topological polar surface area (TPSA) is 24.9 Å². The lowest BCUT2D eigenvalue weighted by Crippen LogP contribution is -2.33. The van der Waals surface area contributed by atoms with Crippen molar-refractivity contribution in [1.82, 2.24) is 10.3 Å². The van der Waals surface area contributed by atoms with E-state index in [1.54, 1.807) is 11.3 Å². The number of aromatic nitrogens is 1. The van der Waals surface area contributed by atoms with Crippen molar-refractivity contribution in [2.75, 3.05) is 18.1 Å². The van der Waals surface area contributed by atoms with Gasteiger partial charge in [0.25, 0.3) is 0 Å². The van der Waals surface area contributed by atoms with Gasteiger partial charge in [-0.2, -0.15) is 11.8 Å². The molecule has 0 fully saturated rings. The average Bonchev–Trinajstić information content (AvgIpc) is 2.65. The molecule has 0 radical (unpaired) electrons. The van der Waals surface area contributed by atoms with Crippen molar-refractivity contribution >= 4 is 23.1 Å². The number of nitrogens with one attached hydrogen (secondary N) is 1. The van der Waals surface area contributed by atoms with Gasteiger partial charge in [-0.3, -0.25) is 0 Å². The lowest BCUT2D eigenvalue weighted by molar-refractivity contribution is 0.571. The summed E-state index contributed by atoms with van der Waals surface area (Å²) in [5, 5.41) is 6.95. The quantitative estimate of drug-likeness (QED) is 0.725. The van der Waals surface area contributed by atoms with Crippen LogP contribution in [0.1, 0.15) is 31.0 Å². The molecule has 0 aromatic carbocycles. The van der Waals surface area contributed by atoms with Gasteiger partial charge in [-0.25, -0.2) is 4.98 Å². The number of aryl methyl sites for hydroxylation is 1. The molecule has 92 valence electrons. The lowest BCUT2D eigenvalue weighted by atomic mass is 10.2. The van der Waals surface area contributed by atoms with Gasteiger partial charge < -0.3 is 5.32 Å². The second kappa shape index (κ2) is 8.09. The summed E-state index contributed by atoms with van der Waals surface area (Å²) in [4.78, 5) is 4.53. The van der Waals surface area contributed by atoms with Crippen LogP contribution in [0.25, 0.3) is 0 Å². The Morgan fingerprint density at radius 3 is 2.88 bits per heavy atom. The Morgan fingerprint density at radius 2 is 2.31 bits per heavy atom. The molecule has 0 aliphatic heterocycles. The second-order valence-electron chi connectivity index (χ2n) is 3.92. The first-order valence-electron chi connectivity index (χ1n) is 5.98. The van der Waals surface area contributed by atoms with Gasteiger partial charge in [0.05, 0.1) is 5.01 Å². The monoisotopic (exact) mass is 258 g/mol. The van der Waals surface area contributed by atoms with Crippen molar-refractivity contribution in [3.8, 4) is 0 Å². The maximum Gasteiger partial charge on any atom is 0.0943 e. The van der Waals surface area contributed by atoms with E-state index in [1.807, 2.05) is 11.8 Å². The SMILES string of the molecule is CCCSCC(Cc1nc(C)cs1)NCC. The molecule has 1 heterocycles. The van der Waals surface area contributed by atoms with Gasteiger partial charge in [0, 0.05) is 29.3 Å². The van der Waals surface area contributed by atoms with Crippen molar-refractivity contribution in [3.63, 3.8) is 0 Å². The molecular formula is C12H22N2S2. The van der Waals surface area contributed by atoms with Crippen LogP contribution in [0.15, 0.2) is 5.38 Å². The molecule has 0 bridgehead atoms. The van der Waals surface area contributed by atoms with Crippen molar-refractivity contribution in [2.24, 2.45) is 0 Å². The largest absolute Gasteiger partial charge is 0.313 e. The summed E-state index contributed by atoms with van der Waals surface area (Å²) >= 11 is 3.82. The summed E-state index contributed by atoms with van der Waals surface area (Å²) in [5.74, 6) is 2.46. The van der Waals surface area contributed by atoms with Gasteiger partial charge in [-0.05, 0) is 25.6 Å². The van der Waals surface area contributed by atoms with Crippen LogP contribution in [0.5, 0.6) is 0 Å². The molecule has 2 nitrogen and oxygen atoms in total. The minimum Gasteiger partial charge on any atom is -0.313 e. The molecule has 0 saturated carbocycles. The van der Waals surface area contributed by atoms with Gasteiger partial charge >= 0.3 is 0 Å². The molecule has 0 aliphatic rings. The van der Waals surface area contributed by atoms with Gasteiger partial charge in [0.15, 0.2) is 0 Å². The van der Waals surface area contributed by atoms with Crippen LogP contribution in [-0.2, 0) is 6.42 Å². The van der Waals surface area contributed by atoms with Gasteiger partial charge in [0.1, 0.15) is 0 Å². The van der Waals surface area contributed by atoms with E-state index in [0.29, 0.717) is 6.04 Å². The summed E-state index contributed by atoms with van der Waals surface area (Å²) in [6.45, 7) is 7.51. The maximum absolute atomic E-state index is 4.53. The summed E-state index contributed by atoms with van der Waals surface area (Å²) in [6, 6.07) is 0.576. The molecule has 1 aromatic heterocycles. The normalized spacial score (nSPS) is 12.9. The van der Waals surface area contributed by atoms with E-state index >= 15 is 0 Å². The fourth-order valence-electron chi connectivity index (χ4n) is 1.56. The van der Waals surface area contributed by atoms with E-state index in [2.05, 4.69) is 36.5 Å². The molecule has 16 heavy (non-hydrogen) atoms. The smallest absolute Gasteiger partial charge is 0.0943 e. The van der Waals surface area contributed by atoms with Crippen LogP contribution in [-0.4, -0.2) is 29.1 Å². The zero-order chi connectivity index (χ0) is 11.8. The Kier molecular flexibility index (Phi) is 7.08. The van der Waals surface area contributed by atoms with E-state index in [4.69, 9.17) is 0 Å². The highest BCUT2D eigenvalue weighted by atomic mass is 32.2. The number of hydrogen-bond acceptors (Lipinski definition) is 4. The number of likely N-dealkylation sites (N-methyl/N-ethyl adjacent to an activating group) is 1. The third-order valence-electron chi connectivity index (χ3n) is 2.25. The third-order valence-corrected chi connectivity index (χ3v) is 4.57. The first-order chi connectivity index (χ1) is 7.76. The number of rotatable bonds is 8. The molecule has 0 aliphatic carbocycles. The Hall–Kier alpha value is -0.0600. The van der Waals surface area contributed by atoms with Gasteiger partial charge in [0.2, 0.25) is 0 Å². The van der Waals surface area contributed by atoms with Crippen LogP contribution < -0.4 is 5.32 Å². The first-order valence-corrected chi connectivity index (χ1v) is 8.01. The lowest BCUT2D eigenvalue weighted by Gasteiger charge is -2.15. The van der Waals surface area contributed by atoms with E-state index in [9.17, 15) is 0 Å². The van der Waals surface area contributed by atoms with E-state index in [1.165, 1.54) is 22.9 Å². The van der Waals surface area contributed by atoms with E-state index in [0.717, 1.165) is 18.7 Å². The van der Waals surface area contributed by atoms with E-state index < -0.39 is 0 Å². The summed E-state index contributed by atoms with van der Waals surface area (Å²) < 4.78 is 0. The molecule has 1 atom stereocenters.